The molecular formula is C16H15F5N4S. The van der Waals surface area contributed by atoms with Gasteiger partial charge in [-0.1, -0.05) is 19.4 Å². The van der Waals surface area contributed by atoms with Crippen LogP contribution in [0.3, 0.4) is 0 Å². The van der Waals surface area contributed by atoms with Gasteiger partial charge in [-0.3, -0.25) is 9.67 Å². The molecule has 0 saturated carbocycles. The smallest absolute Gasteiger partial charge is 0.310 e. The topological polar surface area (TPSA) is 42.7 Å². The summed E-state index contributed by atoms with van der Waals surface area (Å²) in [5, 5.41) is 7.28. The normalized spacial score (nSPS) is 14.5. The summed E-state index contributed by atoms with van der Waals surface area (Å²) < 4.78 is 65.3. The van der Waals surface area contributed by atoms with Crippen molar-refractivity contribution in [1.82, 2.24) is 14.8 Å². The first-order valence-electron chi connectivity index (χ1n) is 7.43. The highest BCUT2D eigenvalue weighted by atomic mass is 32.5. The number of aromatic nitrogens is 3. The molecule has 0 radical (unpaired) electrons. The van der Waals surface area contributed by atoms with Gasteiger partial charge in [-0.25, -0.2) is 0 Å². The minimum Gasteiger partial charge on any atom is -0.381 e. The number of nitrogens with one attached hydrogen (secondary N) is 1. The van der Waals surface area contributed by atoms with E-state index in [0.717, 1.165) is 23.3 Å². The molecule has 0 bridgehead atoms. The Hall–Kier alpha value is -2.62. The van der Waals surface area contributed by atoms with Crippen LogP contribution in [0.1, 0.15) is 5.56 Å². The fraction of sp³-hybridized carbons (Fsp3) is 0.125. The van der Waals surface area contributed by atoms with Crippen molar-refractivity contribution in [3.63, 3.8) is 0 Å². The van der Waals surface area contributed by atoms with Gasteiger partial charge in [-0.2, -0.15) is 5.10 Å². The zero-order chi connectivity index (χ0) is 19.1. The molecule has 1 N–H and O–H groups in total. The third-order valence-electron chi connectivity index (χ3n) is 3.64. The molecule has 2 heterocycles. The second kappa shape index (κ2) is 5.44. The number of benzene rings is 1. The third-order valence-corrected chi connectivity index (χ3v) is 4.80. The summed E-state index contributed by atoms with van der Waals surface area (Å²) >= 11 is 0. The van der Waals surface area contributed by atoms with E-state index in [0.29, 0.717) is 23.5 Å². The molecule has 0 atom stereocenters. The molecule has 0 saturated heterocycles. The Kier molecular flexibility index (Phi) is 3.80. The van der Waals surface area contributed by atoms with Crippen molar-refractivity contribution in [2.24, 2.45) is 7.05 Å². The van der Waals surface area contributed by atoms with E-state index in [4.69, 9.17) is 0 Å². The Morgan fingerprint density at radius 1 is 0.962 bits per heavy atom. The van der Waals surface area contributed by atoms with E-state index in [1.165, 1.54) is 0 Å². The van der Waals surface area contributed by atoms with Crippen LogP contribution in [-0.4, -0.2) is 14.8 Å². The maximum Gasteiger partial charge on any atom is 0.310 e. The lowest BCUT2D eigenvalue weighted by Crippen LogP contribution is -2.06. The summed E-state index contributed by atoms with van der Waals surface area (Å²) in [5.74, 6) is 0. The standard InChI is InChI=1S/C16H15F5N4S/c1-25-11-13(16(24-25)12-6-8-22-9-7-12)10-23-14-2-4-15(5-3-14)26(17,18,19,20)21/h2-9,11,23H,10H2,1H3. The monoisotopic (exact) mass is 390 g/mol. The largest absolute Gasteiger partial charge is 0.381 e. The first-order chi connectivity index (χ1) is 11.9. The number of nitrogens with zero attached hydrogens (tertiary/aromatic N) is 3. The van der Waals surface area contributed by atoms with Crippen LogP contribution < -0.4 is 5.32 Å². The summed E-state index contributed by atoms with van der Waals surface area (Å²) in [6, 6.07) is 6.31. The van der Waals surface area contributed by atoms with Crippen molar-refractivity contribution in [3.05, 3.63) is 60.6 Å². The molecule has 0 fully saturated rings. The molecule has 0 spiro atoms. The SMILES string of the molecule is Cn1cc(CNc2ccc(S(F)(F)(F)(F)F)cc2)c(-c2ccncc2)n1. The average molecular weight is 390 g/mol. The highest BCUT2D eigenvalue weighted by molar-refractivity contribution is 8.45. The van der Waals surface area contributed by atoms with Crippen molar-refractivity contribution in [2.45, 2.75) is 11.4 Å². The molecule has 140 valence electrons. The van der Waals surface area contributed by atoms with Crippen LogP contribution in [-0.2, 0) is 13.6 Å². The third kappa shape index (κ3) is 4.13. The average Bonchev–Trinajstić information content (AvgIpc) is 2.93. The zero-order valence-electron chi connectivity index (χ0n) is 13.5. The Labute approximate surface area is 146 Å². The maximum absolute atomic E-state index is 12.7. The van der Waals surface area contributed by atoms with Gasteiger partial charge in [0.25, 0.3) is 0 Å². The van der Waals surface area contributed by atoms with E-state index in [1.54, 1.807) is 42.5 Å². The summed E-state index contributed by atoms with van der Waals surface area (Å²) in [7, 11) is -7.90. The quantitative estimate of drug-likeness (QED) is 0.564. The molecule has 0 aliphatic heterocycles. The zero-order valence-corrected chi connectivity index (χ0v) is 14.4. The molecule has 1 aromatic carbocycles. The van der Waals surface area contributed by atoms with Gasteiger partial charge in [-0.05, 0) is 36.4 Å². The van der Waals surface area contributed by atoms with Crippen molar-refractivity contribution in [3.8, 4) is 11.3 Å². The molecule has 4 nitrogen and oxygen atoms in total. The van der Waals surface area contributed by atoms with Crippen LogP contribution >= 0.6 is 10.2 Å². The number of hydrogen-bond donors (Lipinski definition) is 1. The highest BCUT2D eigenvalue weighted by Crippen LogP contribution is 3.02. The summed E-state index contributed by atoms with van der Waals surface area (Å²) in [4.78, 5) is 2.03. The number of halogens is 5. The number of hydrogen-bond acceptors (Lipinski definition) is 3. The van der Waals surface area contributed by atoms with Crippen LogP contribution in [0.25, 0.3) is 11.3 Å². The van der Waals surface area contributed by atoms with Crippen LogP contribution in [0.5, 0.6) is 0 Å². The van der Waals surface area contributed by atoms with E-state index in [9.17, 15) is 19.4 Å². The second-order valence-electron chi connectivity index (χ2n) is 5.76. The Morgan fingerprint density at radius 3 is 2.15 bits per heavy atom. The fourth-order valence-corrected chi connectivity index (χ4v) is 3.10. The van der Waals surface area contributed by atoms with Gasteiger partial charge in [0.1, 0.15) is 4.90 Å². The van der Waals surface area contributed by atoms with Crippen molar-refractivity contribution in [1.29, 1.82) is 0 Å². The van der Waals surface area contributed by atoms with E-state index in [2.05, 4.69) is 15.4 Å². The van der Waals surface area contributed by atoms with E-state index in [-0.39, 0.29) is 6.54 Å². The van der Waals surface area contributed by atoms with Gasteiger partial charge < -0.3 is 5.32 Å². The van der Waals surface area contributed by atoms with Crippen LogP contribution in [0.15, 0.2) is 59.9 Å². The van der Waals surface area contributed by atoms with Crippen LogP contribution in [0, 0.1) is 0 Å². The molecule has 0 amide bonds. The second-order valence-corrected chi connectivity index (χ2v) is 8.17. The maximum atomic E-state index is 12.7. The van der Waals surface area contributed by atoms with Crippen LogP contribution in [0.4, 0.5) is 25.1 Å². The summed E-state index contributed by atoms with van der Waals surface area (Å²) in [6.45, 7) is 0.265. The summed E-state index contributed by atoms with van der Waals surface area (Å²) in [5.41, 5.74) is 2.63. The molecule has 3 rings (SSSR count). The van der Waals surface area contributed by atoms with Crippen LogP contribution in [0.2, 0.25) is 0 Å². The lowest BCUT2D eigenvalue weighted by atomic mass is 10.1. The molecule has 26 heavy (non-hydrogen) atoms. The van der Waals surface area contributed by atoms with Gasteiger partial charge in [0.15, 0.2) is 0 Å². The minimum absolute atomic E-state index is 0.265. The Bertz CT molecular complexity index is 922. The van der Waals surface area contributed by atoms with Crippen molar-refractivity contribution < 1.29 is 19.4 Å². The number of aryl methyl sites for hydroxylation is 1. The molecule has 10 heteroatoms. The molecule has 0 aliphatic rings. The Balaban J connectivity index is 1.79. The van der Waals surface area contributed by atoms with E-state index < -0.39 is 15.1 Å². The molecule has 0 unspecified atom stereocenters. The van der Waals surface area contributed by atoms with Gasteiger partial charge in [0.05, 0.1) is 5.69 Å². The predicted octanol–water partition coefficient (Wildman–Crippen LogP) is 5.75. The first-order valence-corrected chi connectivity index (χ1v) is 9.38. The van der Waals surface area contributed by atoms with Gasteiger partial charge >= 0.3 is 10.2 Å². The summed E-state index contributed by atoms with van der Waals surface area (Å²) in [6.07, 6.45) is 5.02. The lowest BCUT2D eigenvalue weighted by Gasteiger charge is -2.40. The molecule has 0 aliphatic carbocycles. The number of rotatable bonds is 5. The molecular weight excluding hydrogens is 375 g/mol. The fourth-order valence-electron chi connectivity index (χ4n) is 2.45. The van der Waals surface area contributed by atoms with Gasteiger partial charge in [0, 0.05) is 49.0 Å². The Morgan fingerprint density at radius 2 is 1.58 bits per heavy atom. The van der Waals surface area contributed by atoms with E-state index in [1.807, 2.05) is 0 Å². The predicted molar refractivity (Wildman–Crippen MR) is 91.6 cm³/mol. The highest BCUT2D eigenvalue weighted by Gasteiger charge is 2.65. The van der Waals surface area contributed by atoms with Gasteiger partial charge in [0.2, 0.25) is 0 Å². The van der Waals surface area contributed by atoms with Crippen molar-refractivity contribution in [2.75, 3.05) is 5.32 Å². The number of pyridine rings is 1. The molecule has 3 aromatic rings. The minimum atomic E-state index is -9.65. The number of anilines is 1. The van der Waals surface area contributed by atoms with Gasteiger partial charge in [-0.15, -0.1) is 0 Å². The van der Waals surface area contributed by atoms with Crippen molar-refractivity contribution >= 4 is 15.9 Å². The lowest BCUT2D eigenvalue weighted by molar-refractivity contribution is 0.364. The van der Waals surface area contributed by atoms with E-state index >= 15 is 0 Å². The molecule has 2 aromatic heterocycles. The first kappa shape index (κ1) is 18.2.